The van der Waals surface area contributed by atoms with Gasteiger partial charge < -0.3 is 14.9 Å². The Morgan fingerprint density at radius 3 is 2.44 bits per heavy atom. The number of aromatic hydroxyl groups is 1. The molecule has 0 radical (unpaired) electrons. The fourth-order valence-corrected chi connectivity index (χ4v) is 0.922. The van der Waals surface area contributed by atoms with E-state index in [2.05, 4.69) is 17.9 Å². The van der Waals surface area contributed by atoms with Gasteiger partial charge in [0.25, 0.3) is 0 Å². The Bertz CT molecular complexity index is 410. The second-order valence-corrected chi connectivity index (χ2v) is 3.40. The molecule has 0 saturated heterocycles. The summed E-state index contributed by atoms with van der Waals surface area (Å²) in [5, 5.41) is 17.2. The van der Waals surface area contributed by atoms with Crippen LogP contribution < -0.4 is 0 Å². The molecular formula is C14H18O4. The molecule has 0 bridgehead atoms. The smallest absolute Gasteiger partial charge is 0.333 e. The molecule has 0 unspecified atom stereocenters. The number of phenols is 1. The van der Waals surface area contributed by atoms with E-state index in [-0.39, 0.29) is 19.0 Å². The number of aliphatic hydroxyl groups excluding tert-OH is 1. The van der Waals surface area contributed by atoms with Crippen LogP contribution in [-0.4, -0.2) is 29.4 Å². The maximum atomic E-state index is 10.5. The molecule has 1 aromatic carbocycles. The zero-order valence-electron chi connectivity index (χ0n) is 10.4. The summed E-state index contributed by atoms with van der Waals surface area (Å²) in [6, 6.07) is 7.08. The van der Waals surface area contributed by atoms with E-state index in [9.17, 15) is 4.79 Å². The van der Waals surface area contributed by atoms with E-state index in [0.29, 0.717) is 5.57 Å². The van der Waals surface area contributed by atoms with Crippen LogP contribution >= 0.6 is 0 Å². The lowest BCUT2D eigenvalue weighted by Gasteiger charge is -1.99. The number of phenolic OH excluding ortho intramolecular Hbond substituents is 1. The number of carbonyl (C=O) groups is 1. The van der Waals surface area contributed by atoms with Crippen molar-refractivity contribution in [3.8, 4) is 5.75 Å². The van der Waals surface area contributed by atoms with Crippen molar-refractivity contribution in [3.63, 3.8) is 0 Å². The van der Waals surface area contributed by atoms with Crippen molar-refractivity contribution in [1.82, 2.24) is 0 Å². The predicted molar refractivity (Wildman–Crippen MR) is 71.1 cm³/mol. The first-order chi connectivity index (χ1) is 8.52. The molecule has 0 amide bonds. The van der Waals surface area contributed by atoms with E-state index in [1.807, 2.05) is 12.1 Å². The summed E-state index contributed by atoms with van der Waals surface area (Å²) in [6.45, 7) is 8.35. The van der Waals surface area contributed by atoms with Crippen LogP contribution in [-0.2, 0) is 9.53 Å². The molecule has 1 aromatic rings. The van der Waals surface area contributed by atoms with Gasteiger partial charge in [-0.15, -0.1) is 0 Å². The summed E-state index contributed by atoms with van der Waals surface area (Å²) in [7, 11) is 0. The van der Waals surface area contributed by atoms with Crippen molar-refractivity contribution in [1.29, 1.82) is 0 Å². The highest BCUT2D eigenvalue weighted by atomic mass is 16.5. The molecule has 1 rings (SSSR count). The number of hydrogen-bond donors (Lipinski definition) is 2. The third-order valence-electron chi connectivity index (χ3n) is 1.83. The molecule has 0 aliphatic rings. The van der Waals surface area contributed by atoms with Crippen molar-refractivity contribution >= 4 is 12.0 Å². The third-order valence-corrected chi connectivity index (χ3v) is 1.83. The zero-order valence-corrected chi connectivity index (χ0v) is 10.4. The Hall–Kier alpha value is -2.07. The first kappa shape index (κ1) is 15.9. The number of para-hydroxylation sites is 1. The zero-order chi connectivity index (χ0) is 14.0. The maximum absolute atomic E-state index is 10.5. The second kappa shape index (κ2) is 9.01. The van der Waals surface area contributed by atoms with E-state index in [0.717, 1.165) is 5.56 Å². The molecule has 0 aliphatic carbocycles. The van der Waals surface area contributed by atoms with E-state index in [1.54, 1.807) is 25.1 Å². The molecule has 0 spiro atoms. The Morgan fingerprint density at radius 1 is 1.44 bits per heavy atom. The van der Waals surface area contributed by atoms with Crippen LogP contribution in [0.3, 0.4) is 0 Å². The van der Waals surface area contributed by atoms with Crippen molar-refractivity contribution in [2.45, 2.75) is 6.92 Å². The average molecular weight is 250 g/mol. The standard InChI is InChI=1S/C8H8O.C6H10O3/c1-2-7-5-3-4-6-8(7)9;1-5(2)6(8)9-4-3-7/h2-6,9H,1H2;7H,1,3-4H2,2H3. The highest BCUT2D eigenvalue weighted by molar-refractivity contribution is 5.86. The van der Waals surface area contributed by atoms with Crippen molar-refractivity contribution in [2.75, 3.05) is 13.2 Å². The summed E-state index contributed by atoms with van der Waals surface area (Å²) in [4.78, 5) is 10.5. The van der Waals surface area contributed by atoms with Crippen LogP contribution in [0.2, 0.25) is 0 Å². The van der Waals surface area contributed by atoms with Gasteiger partial charge in [0.15, 0.2) is 0 Å². The molecule has 0 fully saturated rings. The van der Waals surface area contributed by atoms with Crippen molar-refractivity contribution < 1.29 is 19.7 Å². The van der Waals surface area contributed by atoms with Gasteiger partial charge in [0.1, 0.15) is 12.4 Å². The third kappa shape index (κ3) is 6.50. The van der Waals surface area contributed by atoms with E-state index in [4.69, 9.17) is 10.2 Å². The van der Waals surface area contributed by atoms with Gasteiger partial charge in [-0.3, -0.25) is 0 Å². The number of esters is 1. The number of carbonyl (C=O) groups excluding carboxylic acids is 1. The lowest BCUT2D eigenvalue weighted by Crippen LogP contribution is -2.08. The molecule has 0 aliphatic heterocycles. The molecule has 4 heteroatoms. The molecular weight excluding hydrogens is 232 g/mol. The van der Waals surface area contributed by atoms with Crippen molar-refractivity contribution in [2.24, 2.45) is 0 Å². The summed E-state index contributed by atoms with van der Waals surface area (Å²) < 4.78 is 4.46. The molecule has 0 saturated carbocycles. The summed E-state index contributed by atoms with van der Waals surface area (Å²) in [6.07, 6.45) is 1.62. The Morgan fingerprint density at radius 2 is 2.06 bits per heavy atom. The van der Waals surface area contributed by atoms with Gasteiger partial charge in [0.05, 0.1) is 6.61 Å². The van der Waals surface area contributed by atoms with Gasteiger partial charge in [-0.1, -0.05) is 37.4 Å². The molecule has 18 heavy (non-hydrogen) atoms. The second-order valence-electron chi connectivity index (χ2n) is 3.40. The SMILES string of the molecule is C=C(C)C(=O)OCCO.C=Cc1ccccc1O. The average Bonchev–Trinajstić information content (AvgIpc) is 2.37. The van der Waals surface area contributed by atoms with Gasteiger partial charge in [-0.2, -0.15) is 0 Å². The van der Waals surface area contributed by atoms with Crippen LogP contribution in [0.25, 0.3) is 6.08 Å². The lowest BCUT2D eigenvalue weighted by molar-refractivity contribution is -0.139. The van der Waals surface area contributed by atoms with Crippen LogP contribution in [0.15, 0.2) is 43.0 Å². The number of rotatable bonds is 4. The molecule has 2 N–H and O–H groups in total. The number of ether oxygens (including phenoxy) is 1. The maximum Gasteiger partial charge on any atom is 0.333 e. The Kier molecular flexibility index (Phi) is 7.98. The molecule has 98 valence electrons. The minimum atomic E-state index is -0.455. The first-order valence-corrected chi connectivity index (χ1v) is 5.36. The van der Waals surface area contributed by atoms with Crippen LogP contribution in [0.4, 0.5) is 0 Å². The fourth-order valence-electron chi connectivity index (χ4n) is 0.922. The molecule has 0 heterocycles. The molecule has 4 nitrogen and oxygen atoms in total. The normalized spacial score (nSPS) is 8.78. The Balaban J connectivity index is 0.000000321. The summed E-state index contributed by atoms with van der Waals surface area (Å²) in [5.74, 6) is -0.170. The van der Waals surface area contributed by atoms with E-state index < -0.39 is 5.97 Å². The number of aliphatic hydroxyl groups is 1. The number of hydrogen-bond acceptors (Lipinski definition) is 4. The minimum Gasteiger partial charge on any atom is -0.507 e. The van der Waals surface area contributed by atoms with E-state index in [1.165, 1.54) is 0 Å². The van der Waals surface area contributed by atoms with Gasteiger partial charge in [-0.25, -0.2) is 4.79 Å². The first-order valence-electron chi connectivity index (χ1n) is 5.36. The minimum absolute atomic E-state index is 0.0473. The highest BCUT2D eigenvalue weighted by Gasteiger charge is 1.99. The van der Waals surface area contributed by atoms with Crippen LogP contribution in [0, 0.1) is 0 Å². The van der Waals surface area contributed by atoms with Gasteiger partial charge in [0.2, 0.25) is 0 Å². The van der Waals surface area contributed by atoms with Crippen molar-refractivity contribution in [3.05, 3.63) is 48.6 Å². The fraction of sp³-hybridized carbons (Fsp3) is 0.214. The molecule has 0 atom stereocenters. The topological polar surface area (TPSA) is 66.8 Å². The summed E-state index contributed by atoms with van der Waals surface area (Å²) in [5.41, 5.74) is 1.13. The van der Waals surface area contributed by atoms with E-state index >= 15 is 0 Å². The van der Waals surface area contributed by atoms with Gasteiger partial charge in [0, 0.05) is 11.1 Å². The quantitative estimate of drug-likeness (QED) is 0.634. The number of benzene rings is 1. The van der Waals surface area contributed by atoms with Crippen LogP contribution in [0.5, 0.6) is 5.75 Å². The van der Waals surface area contributed by atoms with Crippen LogP contribution in [0.1, 0.15) is 12.5 Å². The summed E-state index contributed by atoms with van der Waals surface area (Å²) >= 11 is 0. The monoisotopic (exact) mass is 250 g/mol. The highest BCUT2D eigenvalue weighted by Crippen LogP contribution is 2.15. The van der Waals surface area contributed by atoms with Gasteiger partial charge >= 0.3 is 5.97 Å². The Labute approximate surface area is 107 Å². The predicted octanol–water partition coefficient (Wildman–Crippen LogP) is 2.13. The lowest BCUT2D eigenvalue weighted by atomic mass is 10.2. The molecule has 0 aromatic heterocycles. The largest absolute Gasteiger partial charge is 0.507 e. The van der Waals surface area contributed by atoms with Gasteiger partial charge in [-0.05, 0) is 13.0 Å².